The molecule has 3 unspecified atom stereocenters. The Labute approximate surface area is 99.7 Å². The maximum Gasteiger partial charge on any atom is 0.0500 e. The zero-order chi connectivity index (χ0) is 11.5. The summed E-state index contributed by atoms with van der Waals surface area (Å²) in [4.78, 5) is 5.35. The first kappa shape index (κ1) is 12.3. The van der Waals surface area contributed by atoms with E-state index in [2.05, 4.69) is 23.6 Å². The summed E-state index contributed by atoms with van der Waals surface area (Å²) in [6.45, 7) is 10.6. The highest BCUT2D eigenvalue weighted by atomic mass is 16.5. The Bertz CT molecular complexity index is 222. The third kappa shape index (κ3) is 2.76. The molecule has 0 amide bonds. The second kappa shape index (κ2) is 5.48. The van der Waals surface area contributed by atoms with E-state index < -0.39 is 0 Å². The van der Waals surface area contributed by atoms with Gasteiger partial charge in [0.25, 0.3) is 0 Å². The summed E-state index contributed by atoms with van der Waals surface area (Å²) in [5.74, 6) is 0.653. The van der Waals surface area contributed by atoms with E-state index in [1.54, 1.807) is 7.11 Å². The Balaban J connectivity index is 1.84. The summed E-state index contributed by atoms with van der Waals surface area (Å²) >= 11 is 0. The fourth-order valence-corrected chi connectivity index (χ4v) is 3.24. The number of hydrogen-bond acceptors (Lipinski definition) is 3. The molecule has 2 fully saturated rings. The van der Waals surface area contributed by atoms with Gasteiger partial charge in [-0.2, -0.15) is 0 Å². The second-order valence-corrected chi connectivity index (χ2v) is 5.65. The summed E-state index contributed by atoms with van der Waals surface area (Å²) in [5, 5.41) is 0. The maximum atomic E-state index is 5.23. The van der Waals surface area contributed by atoms with Crippen LogP contribution in [0.25, 0.3) is 0 Å². The van der Waals surface area contributed by atoms with Gasteiger partial charge in [-0.1, -0.05) is 6.92 Å². The van der Waals surface area contributed by atoms with Crippen LogP contribution < -0.4 is 0 Å². The van der Waals surface area contributed by atoms with Crippen molar-refractivity contribution in [3.05, 3.63) is 0 Å². The van der Waals surface area contributed by atoms with Crippen LogP contribution in [0.4, 0.5) is 0 Å². The van der Waals surface area contributed by atoms with Crippen LogP contribution in [0.15, 0.2) is 0 Å². The molecule has 0 N–H and O–H groups in total. The maximum absolute atomic E-state index is 5.23. The fraction of sp³-hybridized carbons (Fsp3) is 1.00. The summed E-state index contributed by atoms with van der Waals surface area (Å²) < 4.78 is 5.23. The molecule has 2 aliphatic rings. The van der Waals surface area contributed by atoms with Gasteiger partial charge in [0.1, 0.15) is 0 Å². The molecule has 2 heterocycles. The minimum absolute atomic E-state index is 0.653. The third-order valence-electron chi connectivity index (χ3n) is 4.06. The zero-order valence-corrected chi connectivity index (χ0v) is 11.0. The van der Waals surface area contributed by atoms with Gasteiger partial charge in [-0.3, -0.25) is 9.80 Å². The highest BCUT2D eigenvalue weighted by Crippen LogP contribution is 2.24. The molecule has 2 aliphatic heterocycles. The molecule has 16 heavy (non-hydrogen) atoms. The van der Waals surface area contributed by atoms with Crippen molar-refractivity contribution in [2.75, 3.05) is 39.9 Å². The van der Waals surface area contributed by atoms with Crippen LogP contribution in [0.2, 0.25) is 0 Å². The fourth-order valence-electron chi connectivity index (χ4n) is 3.24. The van der Waals surface area contributed by atoms with Gasteiger partial charge in [-0.15, -0.1) is 0 Å². The first-order chi connectivity index (χ1) is 7.70. The SMILES string of the molecule is COCC(C)CN1CC2CCCN2CC1C. The Morgan fingerprint density at radius 1 is 1.38 bits per heavy atom. The van der Waals surface area contributed by atoms with Crippen molar-refractivity contribution in [3.63, 3.8) is 0 Å². The van der Waals surface area contributed by atoms with Crippen LogP contribution in [0.3, 0.4) is 0 Å². The molecular formula is C13H26N2O. The van der Waals surface area contributed by atoms with Gasteiger partial charge in [0, 0.05) is 45.4 Å². The molecule has 0 bridgehead atoms. The zero-order valence-electron chi connectivity index (χ0n) is 11.0. The summed E-state index contributed by atoms with van der Waals surface area (Å²) in [6, 6.07) is 1.56. The highest BCUT2D eigenvalue weighted by Gasteiger charge is 2.34. The minimum Gasteiger partial charge on any atom is -0.384 e. The smallest absolute Gasteiger partial charge is 0.0500 e. The largest absolute Gasteiger partial charge is 0.384 e. The standard InChI is InChI=1S/C13H26N2O/c1-11(10-16-3)7-15-9-13-5-4-6-14(13)8-12(15)2/h11-13H,4-10H2,1-3H3. The van der Waals surface area contributed by atoms with E-state index in [9.17, 15) is 0 Å². The van der Waals surface area contributed by atoms with Gasteiger partial charge >= 0.3 is 0 Å². The molecule has 0 radical (unpaired) electrons. The molecule has 0 aromatic heterocycles. The van der Waals surface area contributed by atoms with Crippen molar-refractivity contribution in [2.24, 2.45) is 5.92 Å². The van der Waals surface area contributed by atoms with Gasteiger partial charge < -0.3 is 4.74 Å². The lowest BCUT2D eigenvalue weighted by molar-refractivity contribution is 0.0376. The average Bonchev–Trinajstić information content (AvgIpc) is 2.65. The van der Waals surface area contributed by atoms with Crippen molar-refractivity contribution < 1.29 is 4.74 Å². The van der Waals surface area contributed by atoms with Crippen molar-refractivity contribution >= 4 is 0 Å². The van der Waals surface area contributed by atoms with E-state index in [1.165, 1.54) is 39.0 Å². The van der Waals surface area contributed by atoms with Crippen molar-refractivity contribution in [3.8, 4) is 0 Å². The van der Waals surface area contributed by atoms with E-state index in [4.69, 9.17) is 4.74 Å². The molecule has 3 heteroatoms. The van der Waals surface area contributed by atoms with E-state index in [1.807, 2.05) is 0 Å². The molecular weight excluding hydrogens is 200 g/mol. The van der Waals surface area contributed by atoms with Crippen LogP contribution in [0, 0.1) is 5.92 Å². The quantitative estimate of drug-likeness (QED) is 0.721. The molecule has 0 spiro atoms. The Morgan fingerprint density at radius 3 is 2.94 bits per heavy atom. The topological polar surface area (TPSA) is 15.7 Å². The third-order valence-corrected chi connectivity index (χ3v) is 4.06. The van der Waals surface area contributed by atoms with Crippen LogP contribution in [-0.4, -0.2) is 61.8 Å². The molecule has 94 valence electrons. The summed E-state index contributed by atoms with van der Waals surface area (Å²) in [7, 11) is 1.80. The molecule has 0 aromatic rings. The van der Waals surface area contributed by atoms with Crippen molar-refractivity contribution in [1.29, 1.82) is 0 Å². The van der Waals surface area contributed by atoms with Crippen molar-refractivity contribution in [1.82, 2.24) is 9.80 Å². The molecule has 0 aliphatic carbocycles. The molecule has 0 saturated carbocycles. The van der Waals surface area contributed by atoms with Gasteiger partial charge in [-0.25, -0.2) is 0 Å². The molecule has 0 aromatic carbocycles. The molecule has 3 nitrogen and oxygen atoms in total. The predicted octanol–water partition coefficient (Wildman–Crippen LogP) is 1.44. The second-order valence-electron chi connectivity index (χ2n) is 5.65. The normalized spacial score (nSPS) is 33.9. The number of hydrogen-bond donors (Lipinski definition) is 0. The van der Waals surface area contributed by atoms with Gasteiger partial charge in [0.2, 0.25) is 0 Å². The lowest BCUT2D eigenvalue weighted by Crippen LogP contribution is -2.55. The number of methoxy groups -OCH3 is 1. The Kier molecular flexibility index (Phi) is 4.22. The van der Waals surface area contributed by atoms with E-state index >= 15 is 0 Å². The van der Waals surface area contributed by atoms with E-state index in [0.29, 0.717) is 12.0 Å². The number of rotatable bonds is 4. The lowest BCUT2D eigenvalue weighted by atomic mass is 10.1. The number of fused-ring (bicyclic) bond motifs is 1. The van der Waals surface area contributed by atoms with Gasteiger partial charge in [0.15, 0.2) is 0 Å². The average molecular weight is 226 g/mol. The number of piperazine rings is 1. The number of ether oxygens (including phenoxy) is 1. The minimum atomic E-state index is 0.653. The Morgan fingerprint density at radius 2 is 2.19 bits per heavy atom. The van der Waals surface area contributed by atoms with E-state index in [0.717, 1.165) is 12.6 Å². The summed E-state index contributed by atoms with van der Waals surface area (Å²) in [5.41, 5.74) is 0. The molecule has 2 saturated heterocycles. The van der Waals surface area contributed by atoms with Crippen LogP contribution in [0.5, 0.6) is 0 Å². The van der Waals surface area contributed by atoms with E-state index in [-0.39, 0.29) is 0 Å². The van der Waals surface area contributed by atoms with Crippen molar-refractivity contribution in [2.45, 2.75) is 38.8 Å². The highest BCUT2D eigenvalue weighted by molar-refractivity contribution is 4.90. The van der Waals surface area contributed by atoms with Gasteiger partial charge in [-0.05, 0) is 32.2 Å². The number of nitrogens with zero attached hydrogens (tertiary/aromatic N) is 2. The molecule has 2 rings (SSSR count). The van der Waals surface area contributed by atoms with Crippen LogP contribution in [-0.2, 0) is 4.74 Å². The first-order valence-electron chi connectivity index (χ1n) is 6.67. The summed E-state index contributed by atoms with van der Waals surface area (Å²) in [6.07, 6.45) is 2.81. The van der Waals surface area contributed by atoms with Crippen LogP contribution >= 0.6 is 0 Å². The lowest BCUT2D eigenvalue weighted by Gasteiger charge is -2.43. The first-order valence-corrected chi connectivity index (χ1v) is 6.67. The van der Waals surface area contributed by atoms with Crippen LogP contribution in [0.1, 0.15) is 26.7 Å². The molecule has 3 atom stereocenters. The Hall–Kier alpha value is -0.120. The monoisotopic (exact) mass is 226 g/mol. The van der Waals surface area contributed by atoms with Gasteiger partial charge in [0.05, 0.1) is 0 Å². The predicted molar refractivity (Wildman–Crippen MR) is 66.7 cm³/mol.